The number of rotatable bonds is 4. The molecule has 23 heavy (non-hydrogen) atoms. The molecule has 0 bridgehead atoms. The molecule has 1 N–H and O–H groups in total. The van der Waals surface area contributed by atoms with Crippen molar-refractivity contribution in [3.05, 3.63) is 47.8 Å². The number of hydrogen-bond donors (Lipinski definition) is 1. The Morgan fingerprint density at radius 3 is 2.83 bits per heavy atom. The van der Waals surface area contributed by atoms with Gasteiger partial charge in [-0.25, -0.2) is 9.97 Å². The number of carbonyl (C=O) groups excluding carboxylic acids is 1. The molecule has 122 valence electrons. The van der Waals surface area contributed by atoms with E-state index >= 15 is 0 Å². The van der Waals surface area contributed by atoms with Crippen LogP contribution in [0.4, 0.5) is 0 Å². The van der Waals surface area contributed by atoms with Crippen molar-refractivity contribution in [2.24, 2.45) is 13.0 Å². The van der Waals surface area contributed by atoms with Gasteiger partial charge in [-0.05, 0) is 37.8 Å². The highest BCUT2D eigenvalue weighted by Crippen LogP contribution is 2.29. The largest absolute Gasteiger partial charge is 0.381 e. The SMILES string of the molecule is Cc1cccc(C(=O)N[C@@H](c2nccn2C)C2CCOCC2)n1. The average molecular weight is 314 g/mol. The molecule has 0 saturated carbocycles. The summed E-state index contributed by atoms with van der Waals surface area (Å²) in [5, 5.41) is 3.13. The highest BCUT2D eigenvalue weighted by Gasteiger charge is 2.30. The lowest BCUT2D eigenvalue weighted by molar-refractivity contribution is 0.0498. The molecule has 0 aromatic carbocycles. The number of ether oxygens (including phenoxy) is 1. The van der Waals surface area contributed by atoms with Crippen LogP contribution in [0.15, 0.2) is 30.6 Å². The summed E-state index contributed by atoms with van der Waals surface area (Å²) in [7, 11) is 1.95. The van der Waals surface area contributed by atoms with Crippen molar-refractivity contribution in [2.75, 3.05) is 13.2 Å². The lowest BCUT2D eigenvalue weighted by Crippen LogP contribution is -2.37. The number of aromatic nitrogens is 3. The van der Waals surface area contributed by atoms with Gasteiger partial charge in [-0.3, -0.25) is 4.79 Å². The molecule has 0 spiro atoms. The number of amides is 1. The van der Waals surface area contributed by atoms with Crippen LogP contribution in [0, 0.1) is 12.8 Å². The van der Waals surface area contributed by atoms with Crippen LogP contribution in [0.1, 0.15) is 40.9 Å². The third-order valence-electron chi connectivity index (χ3n) is 4.28. The minimum atomic E-state index is -0.159. The van der Waals surface area contributed by atoms with Gasteiger partial charge in [-0.1, -0.05) is 6.07 Å². The van der Waals surface area contributed by atoms with E-state index in [1.807, 2.05) is 36.9 Å². The van der Waals surface area contributed by atoms with E-state index in [0.29, 0.717) is 11.6 Å². The number of imidazole rings is 1. The van der Waals surface area contributed by atoms with Gasteiger partial charge in [0.15, 0.2) is 0 Å². The predicted molar refractivity (Wildman–Crippen MR) is 85.9 cm³/mol. The maximum atomic E-state index is 12.6. The summed E-state index contributed by atoms with van der Waals surface area (Å²) in [4.78, 5) is 21.4. The molecule has 3 heterocycles. The first-order valence-corrected chi connectivity index (χ1v) is 7.94. The zero-order chi connectivity index (χ0) is 16.2. The maximum Gasteiger partial charge on any atom is 0.270 e. The smallest absolute Gasteiger partial charge is 0.270 e. The first kappa shape index (κ1) is 15.7. The topological polar surface area (TPSA) is 69.0 Å². The molecule has 1 aliphatic heterocycles. The van der Waals surface area contributed by atoms with Gasteiger partial charge in [0, 0.05) is 38.3 Å². The van der Waals surface area contributed by atoms with Crippen molar-refractivity contribution in [1.82, 2.24) is 19.9 Å². The minimum Gasteiger partial charge on any atom is -0.381 e. The van der Waals surface area contributed by atoms with Crippen LogP contribution >= 0.6 is 0 Å². The van der Waals surface area contributed by atoms with Gasteiger partial charge in [-0.2, -0.15) is 0 Å². The number of nitrogens with zero attached hydrogens (tertiary/aromatic N) is 3. The van der Waals surface area contributed by atoms with Gasteiger partial charge in [0.25, 0.3) is 5.91 Å². The molecule has 0 aliphatic carbocycles. The van der Waals surface area contributed by atoms with E-state index in [1.54, 1.807) is 12.3 Å². The van der Waals surface area contributed by atoms with Crippen molar-refractivity contribution in [3.8, 4) is 0 Å². The third-order valence-corrected chi connectivity index (χ3v) is 4.28. The Hall–Kier alpha value is -2.21. The Kier molecular flexibility index (Phi) is 4.71. The molecule has 6 heteroatoms. The third kappa shape index (κ3) is 3.59. The molecule has 2 aromatic rings. The number of nitrogens with one attached hydrogen (secondary N) is 1. The number of pyridine rings is 1. The molecular weight excluding hydrogens is 292 g/mol. The molecule has 6 nitrogen and oxygen atoms in total. The second kappa shape index (κ2) is 6.91. The molecule has 1 fully saturated rings. The quantitative estimate of drug-likeness (QED) is 0.937. The van der Waals surface area contributed by atoms with Crippen LogP contribution < -0.4 is 5.32 Å². The summed E-state index contributed by atoms with van der Waals surface area (Å²) >= 11 is 0. The summed E-state index contributed by atoms with van der Waals surface area (Å²) in [5.74, 6) is 1.03. The van der Waals surface area contributed by atoms with Crippen LogP contribution in [0.5, 0.6) is 0 Å². The molecule has 1 amide bonds. The lowest BCUT2D eigenvalue weighted by Gasteiger charge is -2.30. The Morgan fingerprint density at radius 2 is 2.17 bits per heavy atom. The zero-order valence-corrected chi connectivity index (χ0v) is 13.5. The van der Waals surface area contributed by atoms with Gasteiger partial charge in [0.05, 0.1) is 6.04 Å². The molecule has 0 unspecified atom stereocenters. The van der Waals surface area contributed by atoms with Gasteiger partial charge < -0.3 is 14.6 Å². The minimum absolute atomic E-state index is 0.131. The number of hydrogen-bond acceptors (Lipinski definition) is 4. The fourth-order valence-corrected chi connectivity index (χ4v) is 3.00. The van der Waals surface area contributed by atoms with E-state index in [-0.39, 0.29) is 11.9 Å². The predicted octanol–water partition coefficient (Wildman–Crippen LogP) is 2.02. The van der Waals surface area contributed by atoms with E-state index in [0.717, 1.165) is 37.6 Å². The molecule has 1 saturated heterocycles. The Balaban J connectivity index is 1.83. The second-order valence-corrected chi connectivity index (χ2v) is 5.96. The summed E-state index contributed by atoms with van der Waals surface area (Å²) in [5.41, 5.74) is 1.27. The van der Waals surface area contributed by atoms with Gasteiger partial charge in [0.1, 0.15) is 11.5 Å². The van der Waals surface area contributed by atoms with Crippen LogP contribution in [0.3, 0.4) is 0 Å². The molecule has 3 rings (SSSR count). The second-order valence-electron chi connectivity index (χ2n) is 5.96. The fourth-order valence-electron chi connectivity index (χ4n) is 3.00. The van der Waals surface area contributed by atoms with Crippen LogP contribution in [-0.4, -0.2) is 33.7 Å². The standard InChI is InChI=1S/C17H22N4O2/c1-12-4-3-5-14(19-12)17(22)20-15(13-6-10-23-11-7-13)16-18-8-9-21(16)2/h3-5,8-9,13,15H,6-7,10-11H2,1-2H3,(H,20,22)/t15-/m1/s1. The monoisotopic (exact) mass is 314 g/mol. The number of carbonyl (C=O) groups is 1. The van der Waals surface area contributed by atoms with Crippen LogP contribution in [0.2, 0.25) is 0 Å². The van der Waals surface area contributed by atoms with E-state index in [4.69, 9.17) is 4.74 Å². The van der Waals surface area contributed by atoms with Crippen LogP contribution in [0.25, 0.3) is 0 Å². The zero-order valence-electron chi connectivity index (χ0n) is 13.5. The molecule has 1 aliphatic rings. The molecule has 2 aromatic heterocycles. The Labute approximate surface area is 135 Å². The first-order valence-electron chi connectivity index (χ1n) is 7.94. The molecule has 0 radical (unpaired) electrons. The summed E-state index contributed by atoms with van der Waals surface area (Å²) in [6, 6.07) is 5.34. The normalized spacial score (nSPS) is 17.0. The van der Waals surface area contributed by atoms with Crippen LogP contribution in [-0.2, 0) is 11.8 Å². The highest BCUT2D eigenvalue weighted by molar-refractivity contribution is 5.92. The average Bonchev–Trinajstić information content (AvgIpc) is 2.99. The van der Waals surface area contributed by atoms with Crippen molar-refractivity contribution >= 4 is 5.91 Å². The van der Waals surface area contributed by atoms with E-state index in [9.17, 15) is 4.79 Å². The van der Waals surface area contributed by atoms with Crippen molar-refractivity contribution < 1.29 is 9.53 Å². The lowest BCUT2D eigenvalue weighted by atomic mass is 9.91. The highest BCUT2D eigenvalue weighted by atomic mass is 16.5. The van der Waals surface area contributed by atoms with Crippen molar-refractivity contribution in [3.63, 3.8) is 0 Å². The summed E-state index contributed by atoms with van der Waals surface area (Å²) in [6.07, 6.45) is 5.50. The fraction of sp³-hybridized carbons (Fsp3) is 0.471. The molecule has 1 atom stereocenters. The molecular formula is C17H22N4O2. The van der Waals surface area contributed by atoms with Gasteiger partial charge >= 0.3 is 0 Å². The van der Waals surface area contributed by atoms with E-state index in [2.05, 4.69) is 15.3 Å². The van der Waals surface area contributed by atoms with E-state index < -0.39 is 0 Å². The van der Waals surface area contributed by atoms with Crippen molar-refractivity contribution in [1.29, 1.82) is 0 Å². The number of aryl methyl sites for hydroxylation is 2. The van der Waals surface area contributed by atoms with Gasteiger partial charge in [0.2, 0.25) is 0 Å². The Bertz CT molecular complexity index is 677. The maximum absolute atomic E-state index is 12.6. The first-order chi connectivity index (χ1) is 11.1. The van der Waals surface area contributed by atoms with Gasteiger partial charge in [-0.15, -0.1) is 0 Å². The summed E-state index contributed by atoms with van der Waals surface area (Å²) < 4.78 is 7.41. The van der Waals surface area contributed by atoms with Crippen molar-refractivity contribution in [2.45, 2.75) is 25.8 Å². The Morgan fingerprint density at radius 1 is 1.39 bits per heavy atom. The summed E-state index contributed by atoms with van der Waals surface area (Å²) in [6.45, 7) is 3.33. The van der Waals surface area contributed by atoms with E-state index in [1.165, 1.54) is 0 Å².